The van der Waals surface area contributed by atoms with Crippen LogP contribution in [0.4, 0.5) is 8.78 Å². The summed E-state index contributed by atoms with van der Waals surface area (Å²) in [5.74, 6) is 0.201. The second-order valence-corrected chi connectivity index (χ2v) is 5.41. The second kappa shape index (κ2) is 8.05. The van der Waals surface area contributed by atoms with E-state index in [0.29, 0.717) is 18.8 Å². The van der Waals surface area contributed by atoms with Crippen molar-refractivity contribution in [1.29, 1.82) is 0 Å². The Morgan fingerprint density at radius 2 is 1.80 bits per heavy atom. The quantitative estimate of drug-likeness (QED) is 0.590. The molecule has 1 nitrogen and oxygen atoms in total. The third kappa shape index (κ3) is 4.79. The van der Waals surface area contributed by atoms with Crippen molar-refractivity contribution in [3.63, 3.8) is 0 Å². The molecule has 4 heteroatoms. The van der Waals surface area contributed by atoms with E-state index in [1.54, 1.807) is 12.1 Å². The first kappa shape index (κ1) is 17.5. The molecule has 0 aromatic heterocycles. The van der Waals surface area contributed by atoms with Gasteiger partial charge in [0.15, 0.2) is 0 Å². The topological polar surface area (TPSA) is 9.23 Å². The van der Waals surface area contributed by atoms with Crippen molar-refractivity contribution in [2.24, 2.45) is 11.8 Å². The number of rotatable bonds is 5. The van der Waals surface area contributed by atoms with Gasteiger partial charge in [-0.25, -0.2) is 0 Å². The SMILES string of the molecule is CCCC1CCC(C(F)(F)Oc2cc[c-]cc2)CC1.[Li+]. The Morgan fingerprint density at radius 3 is 2.35 bits per heavy atom. The van der Waals surface area contributed by atoms with Gasteiger partial charge in [0, 0.05) is 5.75 Å². The van der Waals surface area contributed by atoms with E-state index in [1.165, 1.54) is 12.1 Å². The minimum Gasteiger partial charge on any atom is -0.459 e. The van der Waals surface area contributed by atoms with Gasteiger partial charge in [0.1, 0.15) is 0 Å². The predicted molar refractivity (Wildman–Crippen MR) is 71.2 cm³/mol. The summed E-state index contributed by atoms with van der Waals surface area (Å²) in [4.78, 5) is 0. The molecule has 0 radical (unpaired) electrons. The van der Waals surface area contributed by atoms with E-state index in [4.69, 9.17) is 4.74 Å². The van der Waals surface area contributed by atoms with Crippen molar-refractivity contribution >= 4 is 0 Å². The first-order chi connectivity index (χ1) is 9.12. The van der Waals surface area contributed by atoms with Gasteiger partial charge in [0.05, 0.1) is 5.92 Å². The van der Waals surface area contributed by atoms with Gasteiger partial charge in [-0.3, -0.25) is 0 Å². The molecular formula is C16H21F2LiO. The molecule has 1 aromatic carbocycles. The van der Waals surface area contributed by atoms with E-state index < -0.39 is 12.0 Å². The summed E-state index contributed by atoms with van der Waals surface area (Å²) in [7, 11) is 0. The van der Waals surface area contributed by atoms with Gasteiger partial charge < -0.3 is 4.74 Å². The smallest absolute Gasteiger partial charge is 0.459 e. The monoisotopic (exact) mass is 274 g/mol. The van der Waals surface area contributed by atoms with Crippen LogP contribution in [0.1, 0.15) is 45.4 Å². The van der Waals surface area contributed by atoms with E-state index in [-0.39, 0.29) is 24.6 Å². The maximum absolute atomic E-state index is 14.1. The average Bonchev–Trinajstić information content (AvgIpc) is 2.40. The summed E-state index contributed by atoms with van der Waals surface area (Å²) >= 11 is 0. The van der Waals surface area contributed by atoms with E-state index in [9.17, 15) is 8.78 Å². The number of ether oxygens (including phenoxy) is 1. The molecule has 2 rings (SSSR count). The van der Waals surface area contributed by atoms with Crippen molar-refractivity contribution < 1.29 is 32.4 Å². The summed E-state index contributed by atoms with van der Waals surface area (Å²) in [6, 6.07) is 9.02. The molecule has 1 saturated carbocycles. The average molecular weight is 274 g/mol. The fourth-order valence-electron chi connectivity index (χ4n) is 2.88. The molecule has 0 heterocycles. The summed E-state index contributed by atoms with van der Waals surface area (Å²) in [6.45, 7) is 2.15. The molecule has 0 aliphatic heterocycles. The Kier molecular flexibility index (Phi) is 7.06. The first-order valence-electron chi connectivity index (χ1n) is 7.14. The molecule has 0 amide bonds. The summed E-state index contributed by atoms with van der Waals surface area (Å²) in [5.41, 5.74) is 0. The van der Waals surface area contributed by atoms with Crippen LogP contribution in [0.5, 0.6) is 5.75 Å². The summed E-state index contributed by atoms with van der Waals surface area (Å²) in [5, 5.41) is 0. The molecule has 20 heavy (non-hydrogen) atoms. The van der Waals surface area contributed by atoms with Gasteiger partial charge in [0.2, 0.25) is 0 Å². The van der Waals surface area contributed by atoms with Gasteiger partial charge in [-0.05, 0) is 31.6 Å². The molecule has 106 valence electrons. The van der Waals surface area contributed by atoms with Crippen molar-refractivity contribution in [3.05, 3.63) is 30.3 Å². The third-order valence-electron chi connectivity index (χ3n) is 3.96. The predicted octanol–water partition coefficient (Wildman–Crippen LogP) is 2.07. The molecule has 0 spiro atoms. The van der Waals surface area contributed by atoms with E-state index in [1.807, 2.05) is 0 Å². The van der Waals surface area contributed by atoms with Crippen LogP contribution in [0.2, 0.25) is 0 Å². The largest absolute Gasteiger partial charge is 1.00 e. The van der Waals surface area contributed by atoms with Crippen LogP contribution in [0.25, 0.3) is 0 Å². The minimum atomic E-state index is -3.06. The summed E-state index contributed by atoms with van der Waals surface area (Å²) in [6.07, 6.45) is 2.18. The van der Waals surface area contributed by atoms with Gasteiger partial charge in [0.25, 0.3) is 0 Å². The molecular weight excluding hydrogens is 253 g/mol. The van der Waals surface area contributed by atoms with Crippen LogP contribution in [0.3, 0.4) is 0 Å². The van der Waals surface area contributed by atoms with Crippen molar-refractivity contribution in [1.82, 2.24) is 0 Å². The minimum absolute atomic E-state index is 0. The van der Waals surface area contributed by atoms with Gasteiger partial charge in [-0.15, -0.1) is 12.1 Å². The maximum Gasteiger partial charge on any atom is 1.00 e. The van der Waals surface area contributed by atoms with Crippen molar-refractivity contribution in [3.8, 4) is 5.75 Å². The van der Waals surface area contributed by atoms with Crippen LogP contribution >= 0.6 is 0 Å². The molecule has 0 atom stereocenters. The van der Waals surface area contributed by atoms with Gasteiger partial charge in [-0.2, -0.15) is 27.0 Å². The fourth-order valence-corrected chi connectivity index (χ4v) is 2.88. The van der Waals surface area contributed by atoms with E-state index >= 15 is 0 Å². The van der Waals surface area contributed by atoms with E-state index in [0.717, 1.165) is 25.7 Å². The number of hydrogen-bond acceptors (Lipinski definition) is 1. The van der Waals surface area contributed by atoms with Crippen LogP contribution in [0, 0.1) is 17.9 Å². The Balaban J connectivity index is 0.00000200. The zero-order valence-electron chi connectivity index (χ0n) is 12.4. The normalized spacial score (nSPS) is 22.9. The second-order valence-electron chi connectivity index (χ2n) is 5.41. The molecule has 1 aliphatic carbocycles. The Labute approximate surface area is 132 Å². The number of alkyl halides is 2. The maximum atomic E-state index is 14.1. The zero-order valence-corrected chi connectivity index (χ0v) is 12.4. The van der Waals surface area contributed by atoms with Crippen LogP contribution in [-0.2, 0) is 0 Å². The number of hydrogen-bond donors (Lipinski definition) is 0. The van der Waals surface area contributed by atoms with Crippen LogP contribution in [0.15, 0.2) is 24.3 Å². The summed E-state index contributed by atoms with van der Waals surface area (Å²) < 4.78 is 33.0. The molecule has 0 unspecified atom stereocenters. The van der Waals surface area contributed by atoms with E-state index in [2.05, 4.69) is 13.0 Å². The molecule has 1 fully saturated rings. The molecule has 0 bridgehead atoms. The molecule has 0 saturated heterocycles. The van der Waals surface area contributed by atoms with Crippen LogP contribution in [-0.4, -0.2) is 6.11 Å². The van der Waals surface area contributed by atoms with Gasteiger partial charge in [-0.1, -0.05) is 19.8 Å². The van der Waals surface area contributed by atoms with Gasteiger partial charge >= 0.3 is 25.0 Å². The molecule has 0 N–H and O–H groups in total. The third-order valence-corrected chi connectivity index (χ3v) is 3.96. The van der Waals surface area contributed by atoms with Crippen molar-refractivity contribution in [2.75, 3.05) is 0 Å². The number of benzene rings is 1. The Morgan fingerprint density at radius 1 is 1.20 bits per heavy atom. The number of halogens is 2. The standard InChI is InChI=1S/C16H21F2O.Li/c1-2-6-13-9-11-14(12-10-13)16(17,18)19-15-7-4-3-5-8-15;/h4-5,7-8,13-14H,2,6,9-12H2,1H3;/q-1;+1. The zero-order chi connectivity index (χ0) is 13.7. The molecule has 1 aromatic rings. The first-order valence-corrected chi connectivity index (χ1v) is 7.14. The van der Waals surface area contributed by atoms with Crippen LogP contribution < -0.4 is 23.6 Å². The fraction of sp³-hybridized carbons (Fsp3) is 0.625. The molecule has 1 aliphatic rings. The Hall–Kier alpha value is -0.523. The van der Waals surface area contributed by atoms with Crippen molar-refractivity contribution in [2.45, 2.75) is 51.6 Å². The Bertz CT molecular complexity index is 375.